The van der Waals surface area contributed by atoms with Crippen molar-refractivity contribution in [2.75, 3.05) is 26.2 Å². The van der Waals surface area contributed by atoms with Gasteiger partial charge in [-0.25, -0.2) is 4.39 Å². The van der Waals surface area contributed by atoms with E-state index in [-0.39, 0.29) is 17.6 Å². The van der Waals surface area contributed by atoms with Crippen LogP contribution in [-0.4, -0.2) is 41.9 Å². The molecule has 4 rings (SSSR count). The molecule has 4 nitrogen and oxygen atoms in total. The molecule has 1 amide bonds. The number of nitrogens with zero attached hydrogens (tertiary/aromatic N) is 2. The lowest BCUT2D eigenvalue weighted by molar-refractivity contribution is -0.126. The van der Waals surface area contributed by atoms with Gasteiger partial charge >= 0.3 is 0 Å². The first kappa shape index (κ1) is 23.2. The van der Waals surface area contributed by atoms with Crippen LogP contribution in [0.5, 0.6) is 0 Å². The third kappa shape index (κ3) is 6.31. The molecule has 2 saturated heterocycles. The average Bonchev–Trinajstić information content (AvgIpc) is 2.81. The van der Waals surface area contributed by atoms with Crippen LogP contribution >= 0.6 is 11.6 Å². The number of carbonyl (C=O) groups excluding carboxylic acids is 1. The van der Waals surface area contributed by atoms with Crippen LogP contribution in [0.2, 0.25) is 5.02 Å². The fourth-order valence-electron chi connectivity index (χ4n) is 4.87. The fraction of sp³-hybridized carbons (Fsp3) is 0.500. The van der Waals surface area contributed by atoms with Crippen LogP contribution in [0, 0.1) is 11.7 Å². The molecule has 0 radical (unpaired) electrons. The predicted molar refractivity (Wildman–Crippen MR) is 127 cm³/mol. The van der Waals surface area contributed by atoms with Gasteiger partial charge in [-0.05, 0) is 68.6 Å². The predicted octanol–water partition coefficient (Wildman–Crippen LogP) is 4.99. The van der Waals surface area contributed by atoms with Crippen molar-refractivity contribution in [3.05, 3.63) is 70.0 Å². The molecule has 0 saturated carbocycles. The van der Waals surface area contributed by atoms with Crippen molar-refractivity contribution in [2.24, 2.45) is 5.92 Å². The van der Waals surface area contributed by atoms with Crippen LogP contribution < -0.4 is 5.32 Å². The van der Waals surface area contributed by atoms with E-state index >= 15 is 0 Å². The summed E-state index contributed by atoms with van der Waals surface area (Å²) < 4.78 is 14.2. The Morgan fingerprint density at radius 3 is 2.53 bits per heavy atom. The van der Waals surface area contributed by atoms with Crippen LogP contribution in [-0.2, 0) is 24.4 Å². The summed E-state index contributed by atoms with van der Waals surface area (Å²) in [4.78, 5) is 17.5. The zero-order valence-corrected chi connectivity index (χ0v) is 19.4. The molecule has 172 valence electrons. The summed E-state index contributed by atoms with van der Waals surface area (Å²) in [5.41, 5.74) is 2.96. The number of halogens is 2. The number of nitrogens with one attached hydrogen (secondary N) is 1. The zero-order chi connectivity index (χ0) is 22.3. The number of carbonyl (C=O) groups is 1. The van der Waals surface area contributed by atoms with Gasteiger partial charge in [0, 0.05) is 36.8 Å². The van der Waals surface area contributed by atoms with E-state index in [1.165, 1.54) is 44.0 Å². The summed E-state index contributed by atoms with van der Waals surface area (Å²) in [6, 6.07) is 13.3. The maximum atomic E-state index is 14.2. The highest BCUT2D eigenvalue weighted by atomic mass is 35.5. The monoisotopic (exact) mass is 457 g/mol. The molecule has 2 heterocycles. The van der Waals surface area contributed by atoms with E-state index < -0.39 is 0 Å². The number of likely N-dealkylation sites (tertiary alicyclic amines) is 2. The number of hydrogen-bond acceptors (Lipinski definition) is 3. The van der Waals surface area contributed by atoms with Crippen LogP contribution in [0.15, 0.2) is 42.5 Å². The van der Waals surface area contributed by atoms with Gasteiger partial charge in [0.1, 0.15) is 5.82 Å². The van der Waals surface area contributed by atoms with Gasteiger partial charge in [-0.3, -0.25) is 14.6 Å². The largest absolute Gasteiger partial charge is 0.352 e. The number of rotatable bonds is 7. The Kier molecular flexibility index (Phi) is 8.17. The van der Waals surface area contributed by atoms with E-state index in [0.717, 1.165) is 31.5 Å². The Morgan fingerprint density at radius 2 is 1.72 bits per heavy atom. The van der Waals surface area contributed by atoms with Crippen LogP contribution in [0.4, 0.5) is 4.39 Å². The van der Waals surface area contributed by atoms with Gasteiger partial charge in [0.25, 0.3) is 0 Å². The van der Waals surface area contributed by atoms with Gasteiger partial charge in [-0.2, -0.15) is 0 Å². The first-order chi connectivity index (χ1) is 15.6. The Morgan fingerprint density at radius 1 is 0.969 bits per heavy atom. The van der Waals surface area contributed by atoms with Gasteiger partial charge in [0.2, 0.25) is 5.91 Å². The van der Waals surface area contributed by atoms with Crippen LogP contribution in [0.1, 0.15) is 48.8 Å². The van der Waals surface area contributed by atoms with Crippen molar-refractivity contribution < 1.29 is 9.18 Å². The van der Waals surface area contributed by atoms with E-state index in [2.05, 4.69) is 39.4 Å². The second-order valence-electron chi connectivity index (χ2n) is 9.15. The van der Waals surface area contributed by atoms with Crippen molar-refractivity contribution in [3.8, 4) is 0 Å². The van der Waals surface area contributed by atoms with Crippen molar-refractivity contribution >= 4 is 17.5 Å². The number of benzene rings is 2. The van der Waals surface area contributed by atoms with E-state index in [4.69, 9.17) is 11.6 Å². The molecule has 1 N–H and O–H groups in total. The highest BCUT2D eigenvalue weighted by Crippen LogP contribution is 2.24. The third-order valence-corrected chi connectivity index (χ3v) is 6.99. The minimum Gasteiger partial charge on any atom is -0.352 e. The summed E-state index contributed by atoms with van der Waals surface area (Å²) in [5.74, 6) is -0.282. The zero-order valence-electron chi connectivity index (χ0n) is 18.7. The van der Waals surface area contributed by atoms with E-state index in [9.17, 15) is 9.18 Å². The molecule has 0 bridgehead atoms. The maximum Gasteiger partial charge on any atom is 0.224 e. The van der Waals surface area contributed by atoms with E-state index in [0.29, 0.717) is 30.2 Å². The number of hydrogen-bond donors (Lipinski definition) is 1. The summed E-state index contributed by atoms with van der Waals surface area (Å²) in [6.07, 6.45) is 5.71. The maximum absolute atomic E-state index is 14.2. The summed E-state index contributed by atoms with van der Waals surface area (Å²) in [7, 11) is 0. The van der Waals surface area contributed by atoms with Gasteiger partial charge in [-0.15, -0.1) is 0 Å². The molecular formula is C26H33ClFN3O. The first-order valence-electron chi connectivity index (χ1n) is 11.8. The number of piperidine rings is 2. The fourth-order valence-corrected chi connectivity index (χ4v) is 5.09. The SMILES string of the molecule is O=C(NCc1cccc(CN2CCCCC2)c1)C1CCCN(Cc2c(F)cccc2Cl)C1. The highest BCUT2D eigenvalue weighted by molar-refractivity contribution is 6.31. The second kappa shape index (κ2) is 11.3. The average molecular weight is 458 g/mol. The standard InChI is InChI=1S/C26H33ClFN3O/c27-24-10-5-11-25(28)23(24)19-31-14-6-9-22(18-31)26(32)29-16-20-7-4-8-21(15-20)17-30-12-2-1-3-13-30/h4-5,7-8,10-11,15,22H,1-3,6,9,12-14,16-19H2,(H,29,32). The minimum atomic E-state index is -0.284. The molecule has 1 atom stereocenters. The molecule has 1 unspecified atom stereocenters. The van der Waals surface area contributed by atoms with E-state index in [1.807, 2.05) is 0 Å². The molecule has 0 aliphatic carbocycles. The molecule has 2 aliphatic rings. The normalized spacial score (nSPS) is 20.2. The second-order valence-corrected chi connectivity index (χ2v) is 9.56. The summed E-state index contributed by atoms with van der Waals surface area (Å²) in [5, 5.41) is 3.57. The molecule has 2 fully saturated rings. The van der Waals surface area contributed by atoms with Crippen molar-refractivity contribution in [3.63, 3.8) is 0 Å². The van der Waals surface area contributed by atoms with Gasteiger partial charge in [0.15, 0.2) is 0 Å². The summed E-state index contributed by atoms with van der Waals surface area (Å²) in [6.45, 7) is 5.81. The van der Waals surface area contributed by atoms with Gasteiger partial charge in [-0.1, -0.05) is 48.4 Å². The lowest BCUT2D eigenvalue weighted by atomic mass is 9.96. The highest BCUT2D eigenvalue weighted by Gasteiger charge is 2.26. The molecule has 2 aromatic carbocycles. The Bertz CT molecular complexity index is 895. The first-order valence-corrected chi connectivity index (χ1v) is 12.2. The number of amides is 1. The Hall–Kier alpha value is -1.95. The quantitative estimate of drug-likeness (QED) is 0.636. The molecule has 2 aromatic rings. The lowest BCUT2D eigenvalue weighted by Gasteiger charge is -2.32. The van der Waals surface area contributed by atoms with Crippen LogP contribution in [0.25, 0.3) is 0 Å². The lowest BCUT2D eigenvalue weighted by Crippen LogP contribution is -2.42. The topological polar surface area (TPSA) is 35.6 Å². The van der Waals surface area contributed by atoms with Crippen molar-refractivity contribution in [1.29, 1.82) is 0 Å². The Balaban J connectivity index is 1.28. The Labute approximate surface area is 195 Å². The molecule has 6 heteroatoms. The van der Waals surface area contributed by atoms with Crippen molar-refractivity contribution in [2.45, 2.75) is 51.7 Å². The smallest absolute Gasteiger partial charge is 0.224 e. The van der Waals surface area contributed by atoms with Crippen LogP contribution in [0.3, 0.4) is 0 Å². The molecule has 32 heavy (non-hydrogen) atoms. The van der Waals surface area contributed by atoms with Gasteiger partial charge < -0.3 is 5.32 Å². The molecular weight excluding hydrogens is 425 g/mol. The molecule has 0 aromatic heterocycles. The summed E-state index contributed by atoms with van der Waals surface area (Å²) >= 11 is 6.19. The molecule has 0 spiro atoms. The minimum absolute atomic E-state index is 0.0779. The van der Waals surface area contributed by atoms with E-state index in [1.54, 1.807) is 12.1 Å². The van der Waals surface area contributed by atoms with Crippen molar-refractivity contribution in [1.82, 2.24) is 15.1 Å². The van der Waals surface area contributed by atoms with Gasteiger partial charge in [0.05, 0.1) is 5.92 Å². The molecule has 2 aliphatic heterocycles. The third-order valence-electron chi connectivity index (χ3n) is 6.63.